The van der Waals surface area contributed by atoms with Crippen LogP contribution >= 0.6 is 0 Å². The first-order valence-electron chi connectivity index (χ1n) is 6.40. The smallest absolute Gasteiger partial charge is 0.224 e. The van der Waals surface area contributed by atoms with Gasteiger partial charge >= 0.3 is 0 Å². The number of hydrogen-bond donors (Lipinski definition) is 2. The average molecular weight is 228 g/mol. The van der Waals surface area contributed by atoms with Crippen molar-refractivity contribution in [2.75, 3.05) is 32.8 Å². The van der Waals surface area contributed by atoms with E-state index in [-0.39, 0.29) is 11.8 Å². The highest BCUT2D eigenvalue weighted by atomic mass is 16.5. The molecule has 1 fully saturated rings. The van der Waals surface area contributed by atoms with Crippen molar-refractivity contribution in [2.45, 2.75) is 32.6 Å². The molecule has 0 aromatic carbocycles. The molecule has 1 unspecified atom stereocenters. The van der Waals surface area contributed by atoms with Gasteiger partial charge < -0.3 is 15.4 Å². The van der Waals surface area contributed by atoms with Crippen LogP contribution in [0.25, 0.3) is 0 Å². The van der Waals surface area contributed by atoms with Crippen LogP contribution in [0, 0.1) is 5.92 Å². The molecule has 0 saturated carbocycles. The summed E-state index contributed by atoms with van der Waals surface area (Å²) in [5.41, 5.74) is 0. The normalized spacial score (nSPS) is 20.7. The van der Waals surface area contributed by atoms with Gasteiger partial charge in [-0.1, -0.05) is 6.92 Å². The Kier molecular flexibility index (Phi) is 7.17. The lowest BCUT2D eigenvalue weighted by Gasteiger charge is -2.21. The number of nitrogens with one attached hydrogen (secondary N) is 2. The van der Waals surface area contributed by atoms with Gasteiger partial charge in [-0.05, 0) is 32.2 Å². The molecule has 1 heterocycles. The molecule has 0 spiro atoms. The molecule has 0 bridgehead atoms. The van der Waals surface area contributed by atoms with Gasteiger partial charge in [0.05, 0.1) is 5.92 Å². The molecule has 4 nitrogen and oxygen atoms in total. The Hall–Kier alpha value is -0.610. The Morgan fingerprint density at radius 1 is 1.50 bits per heavy atom. The fraction of sp³-hybridized carbons (Fsp3) is 0.917. The van der Waals surface area contributed by atoms with Crippen molar-refractivity contribution in [1.29, 1.82) is 0 Å². The molecule has 94 valence electrons. The molecule has 0 aliphatic carbocycles. The Bertz CT molecular complexity index is 191. The third-order valence-corrected chi connectivity index (χ3v) is 2.78. The van der Waals surface area contributed by atoms with Gasteiger partial charge in [0.2, 0.25) is 5.91 Å². The van der Waals surface area contributed by atoms with E-state index in [4.69, 9.17) is 4.74 Å². The van der Waals surface area contributed by atoms with E-state index in [1.807, 2.05) is 0 Å². The van der Waals surface area contributed by atoms with E-state index in [1.165, 1.54) is 0 Å². The Balaban J connectivity index is 1.97. The summed E-state index contributed by atoms with van der Waals surface area (Å²) in [6, 6.07) is 0. The van der Waals surface area contributed by atoms with Crippen LogP contribution in [-0.4, -0.2) is 38.8 Å². The lowest BCUT2D eigenvalue weighted by Crippen LogP contribution is -2.40. The van der Waals surface area contributed by atoms with Crippen LogP contribution in [0.4, 0.5) is 0 Å². The lowest BCUT2D eigenvalue weighted by atomic mass is 9.99. The number of rotatable bonds is 7. The van der Waals surface area contributed by atoms with Crippen molar-refractivity contribution in [3.05, 3.63) is 0 Å². The van der Waals surface area contributed by atoms with Crippen LogP contribution in [-0.2, 0) is 9.53 Å². The van der Waals surface area contributed by atoms with Crippen molar-refractivity contribution in [3.8, 4) is 0 Å². The Labute approximate surface area is 98.1 Å². The lowest BCUT2D eigenvalue weighted by molar-refractivity contribution is -0.125. The van der Waals surface area contributed by atoms with Crippen molar-refractivity contribution in [3.63, 3.8) is 0 Å². The van der Waals surface area contributed by atoms with E-state index in [2.05, 4.69) is 17.6 Å². The summed E-state index contributed by atoms with van der Waals surface area (Å²) < 4.78 is 5.35. The first-order chi connectivity index (χ1) is 7.84. The second kappa shape index (κ2) is 8.53. The molecule has 0 aromatic heterocycles. The third-order valence-electron chi connectivity index (χ3n) is 2.78. The predicted molar refractivity (Wildman–Crippen MR) is 64.3 cm³/mol. The van der Waals surface area contributed by atoms with Crippen LogP contribution < -0.4 is 10.6 Å². The minimum absolute atomic E-state index is 0.172. The van der Waals surface area contributed by atoms with Gasteiger partial charge in [0.1, 0.15) is 0 Å². The van der Waals surface area contributed by atoms with Crippen molar-refractivity contribution < 1.29 is 9.53 Å². The fourth-order valence-corrected chi connectivity index (χ4v) is 1.85. The number of ether oxygens (including phenoxy) is 1. The van der Waals surface area contributed by atoms with Crippen LogP contribution in [0.1, 0.15) is 32.6 Å². The van der Waals surface area contributed by atoms with Gasteiger partial charge in [-0.3, -0.25) is 4.79 Å². The first-order valence-corrected chi connectivity index (χ1v) is 6.40. The van der Waals surface area contributed by atoms with Gasteiger partial charge in [-0.25, -0.2) is 0 Å². The van der Waals surface area contributed by atoms with Crippen molar-refractivity contribution in [2.24, 2.45) is 5.92 Å². The average Bonchev–Trinajstić information content (AvgIpc) is 2.34. The highest BCUT2D eigenvalue weighted by molar-refractivity contribution is 5.78. The number of carbonyl (C=O) groups is 1. The maximum absolute atomic E-state index is 11.7. The van der Waals surface area contributed by atoms with Gasteiger partial charge in [0.25, 0.3) is 0 Å². The largest absolute Gasteiger partial charge is 0.381 e. The quantitative estimate of drug-likeness (QED) is 0.637. The molecule has 1 saturated heterocycles. The van der Waals surface area contributed by atoms with Crippen LogP contribution in [0.2, 0.25) is 0 Å². The van der Waals surface area contributed by atoms with E-state index >= 15 is 0 Å². The molecule has 1 aliphatic heterocycles. The van der Waals surface area contributed by atoms with E-state index < -0.39 is 0 Å². The number of hydrogen-bond acceptors (Lipinski definition) is 3. The van der Waals surface area contributed by atoms with Crippen LogP contribution in [0.5, 0.6) is 0 Å². The molecular weight excluding hydrogens is 204 g/mol. The molecule has 1 amide bonds. The molecule has 0 aromatic rings. The zero-order valence-corrected chi connectivity index (χ0v) is 10.3. The van der Waals surface area contributed by atoms with Crippen LogP contribution in [0.3, 0.4) is 0 Å². The molecule has 2 N–H and O–H groups in total. The summed E-state index contributed by atoms with van der Waals surface area (Å²) in [7, 11) is 0. The van der Waals surface area contributed by atoms with Gasteiger partial charge in [0.15, 0.2) is 0 Å². The van der Waals surface area contributed by atoms with E-state index in [1.54, 1.807) is 0 Å². The molecular formula is C12H24N2O2. The molecule has 1 rings (SSSR count). The highest BCUT2D eigenvalue weighted by Gasteiger charge is 2.19. The molecule has 0 radical (unpaired) electrons. The Morgan fingerprint density at radius 3 is 3.06 bits per heavy atom. The molecule has 4 heteroatoms. The summed E-state index contributed by atoms with van der Waals surface area (Å²) in [5, 5.41) is 6.22. The second-order valence-corrected chi connectivity index (χ2v) is 4.30. The zero-order chi connectivity index (χ0) is 11.6. The maximum atomic E-state index is 11.7. The summed E-state index contributed by atoms with van der Waals surface area (Å²) in [4.78, 5) is 11.7. The third kappa shape index (κ3) is 5.47. The minimum Gasteiger partial charge on any atom is -0.381 e. The SMILES string of the molecule is CCCOCCCNC(=O)C1CCCNC1. The summed E-state index contributed by atoms with van der Waals surface area (Å²) in [5.74, 6) is 0.369. The maximum Gasteiger partial charge on any atom is 0.224 e. The monoisotopic (exact) mass is 228 g/mol. The van der Waals surface area contributed by atoms with E-state index in [0.717, 1.165) is 58.5 Å². The second-order valence-electron chi connectivity index (χ2n) is 4.30. The van der Waals surface area contributed by atoms with Gasteiger partial charge in [-0.15, -0.1) is 0 Å². The molecule has 1 atom stereocenters. The number of carbonyl (C=O) groups excluding carboxylic acids is 1. The highest BCUT2D eigenvalue weighted by Crippen LogP contribution is 2.09. The van der Waals surface area contributed by atoms with Crippen LogP contribution in [0.15, 0.2) is 0 Å². The first kappa shape index (κ1) is 13.5. The number of piperidine rings is 1. The summed E-state index contributed by atoms with van der Waals surface area (Å²) in [6.45, 7) is 6.28. The summed E-state index contributed by atoms with van der Waals surface area (Å²) in [6.07, 6.45) is 4.09. The van der Waals surface area contributed by atoms with Crippen molar-refractivity contribution in [1.82, 2.24) is 10.6 Å². The van der Waals surface area contributed by atoms with Crippen molar-refractivity contribution >= 4 is 5.91 Å². The predicted octanol–water partition coefficient (Wildman–Crippen LogP) is 0.919. The van der Waals surface area contributed by atoms with E-state index in [0.29, 0.717) is 0 Å². The van der Waals surface area contributed by atoms with E-state index in [9.17, 15) is 4.79 Å². The zero-order valence-electron chi connectivity index (χ0n) is 10.3. The fourth-order valence-electron chi connectivity index (χ4n) is 1.85. The summed E-state index contributed by atoms with van der Waals surface area (Å²) >= 11 is 0. The van der Waals surface area contributed by atoms with Gasteiger partial charge in [-0.2, -0.15) is 0 Å². The molecule has 1 aliphatic rings. The standard InChI is InChI=1S/C12H24N2O2/c1-2-8-16-9-4-7-14-12(15)11-5-3-6-13-10-11/h11,13H,2-10H2,1H3,(H,14,15). The molecule has 16 heavy (non-hydrogen) atoms. The topological polar surface area (TPSA) is 50.4 Å². The Morgan fingerprint density at radius 2 is 2.38 bits per heavy atom. The number of amides is 1. The van der Waals surface area contributed by atoms with Gasteiger partial charge in [0, 0.05) is 26.3 Å². The minimum atomic E-state index is 0.172.